The molecule has 2 aromatic rings. The molecule has 2 rings (SSSR count). The van der Waals surface area contributed by atoms with Gasteiger partial charge >= 0.3 is 0 Å². The SMILES string of the molecule is COc1ccc([C@H](C)O)c(OCc2ccc(Br)cc2F)c1. The molecule has 0 saturated heterocycles. The van der Waals surface area contributed by atoms with Crippen molar-refractivity contribution in [3.05, 3.63) is 57.8 Å². The first-order chi connectivity index (χ1) is 10.0. The van der Waals surface area contributed by atoms with E-state index in [1.54, 1.807) is 44.4 Å². The molecule has 0 unspecified atom stereocenters. The van der Waals surface area contributed by atoms with Crippen LogP contribution in [-0.2, 0) is 6.61 Å². The molecule has 0 spiro atoms. The van der Waals surface area contributed by atoms with Gasteiger partial charge in [0, 0.05) is 21.7 Å². The van der Waals surface area contributed by atoms with Gasteiger partial charge in [0.25, 0.3) is 0 Å². The van der Waals surface area contributed by atoms with Crippen molar-refractivity contribution in [2.24, 2.45) is 0 Å². The summed E-state index contributed by atoms with van der Waals surface area (Å²) in [5.74, 6) is 0.753. The lowest BCUT2D eigenvalue weighted by Crippen LogP contribution is -2.03. The van der Waals surface area contributed by atoms with E-state index in [1.165, 1.54) is 6.07 Å². The summed E-state index contributed by atoms with van der Waals surface area (Å²) in [7, 11) is 1.55. The first-order valence-corrected chi connectivity index (χ1v) is 7.23. The highest BCUT2D eigenvalue weighted by Crippen LogP contribution is 2.30. The highest BCUT2D eigenvalue weighted by Gasteiger charge is 2.12. The van der Waals surface area contributed by atoms with Gasteiger partial charge in [-0.2, -0.15) is 0 Å². The molecular weight excluding hydrogens is 339 g/mol. The van der Waals surface area contributed by atoms with Crippen molar-refractivity contribution in [1.29, 1.82) is 0 Å². The standard InChI is InChI=1S/C16H16BrFO3/c1-10(19)14-6-5-13(20-2)8-16(14)21-9-11-3-4-12(17)7-15(11)18/h3-8,10,19H,9H2,1-2H3/t10-/m0/s1. The molecule has 2 aromatic carbocycles. The summed E-state index contributed by atoms with van der Waals surface area (Å²) >= 11 is 3.21. The quantitative estimate of drug-likeness (QED) is 0.873. The maximum absolute atomic E-state index is 13.8. The zero-order chi connectivity index (χ0) is 15.4. The average Bonchev–Trinajstić information content (AvgIpc) is 2.45. The van der Waals surface area contributed by atoms with Crippen LogP contribution in [0.1, 0.15) is 24.2 Å². The Bertz CT molecular complexity index is 629. The second-order valence-corrected chi connectivity index (χ2v) is 5.52. The molecule has 0 aromatic heterocycles. The number of hydrogen-bond acceptors (Lipinski definition) is 3. The van der Waals surface area contributed by atoms with Crippen molar-refractivity contribution in [1.82, 2.24) is 0 Å². The third-order valence-corrected chi connectivity index (χ3v) is 3.56. The van der Waals surface area contributed by atoms with Crippen molar-refractivity contribution in [3.63, 3.8) is 0 Å². The first kappa shape index (κ1) is 15.8. The van der Waals surface area contributed by atoms with Gasteiger partial charge < -0.3 is 14.6 Å². The number of aliphatic hydroxyl groups is 1. The maximum atomic E-state index is 13.8. The molecule has 112 valence electrons. The molecule has 0 fully saturated rings. The van der Waals surface area contributed by atoms with Gasteiger partial charge in [0.15, 0.2) is 0 Å². The number of hydrogen-bond donors (Lipinski definition) is 1. The zero-order valence-electron chi connectivity index (χ0n) is 11.8. The van der Waals surface area contributed by atoms with Crippen LogP contribution in [0.4, 0.5) is 4.39 Å². The number of benzene rings is 2. The number of rotatable bonds is 5. The molecule has 21 heavy (non-hydrogen) atoms. The predicted molar refractivity (Wildman–Crippen MR) is 82.1 cm³/mol. The summed E-state index contributed by atoms with van der Waals surface area (Å²) in [6, 6.07) is 9.95. The normalized spacial score (nSPS) is 12.0. The van der Waals surface area contributed by atoms with Crippen molar-refractivity contribution in [2.45, 2.75) is 19.6 Å². The van der Waals surface area contributed by atoms with E-state index in [2.05, 4.69) is 15.9 Å². The number of halogens is 2. The van der Waals surface area contributed by atoms with Crippen LogP contribution in [0.5, 0.6) is 11.5 Å². The number of aliphatic hydroxyl groups excluding tert-OH is 1. The molecule has 0 heterocycles. The summed E-state index contributed by atoms with van der Waals surface area (Å²) in [6.45, 7) is 1.72. The molecular formula is C16H16BrFO3. The Balaban J connectivity index is 2.22. The minimum Gasteiger partial charge on any atom is -0.497 e. The average molecular weight is 355 g/mol. The van der Waals surface area contributed by atoms with Gasteiger partial charge in [-0.1, -0.05) is 22.0 Å². The summed E-state index contributed by atoms with van der Waals surface area (Å²) in [6.07, 6.45) is -0.680. The van der Waals surface area contributed by atoms with E-state index in [9.17, 15) is 9.50 Å². The molecule has 0 bridgehead atoms. The Hall–Kier alpha value is -1.59. The van der Waals surface area contributed by atoms with E-state index in [0.29, 0.717) is 27.1 Å². The third kappa shape index (κ3) is 3.95. The molecule has 0 radical (unpaired) electrons. The molecule has 0 aliphatic rings. The monoisotopic (exact) mass is 354 g/mol. The topological polar surface area (TPSA) is 38.7 Å². The fourth-order valence-electron chi connectivity index (χ4n) is 1.91. The minimum absolute atomic E-state index is 0.0754. The van der Waals surface area contributed by atoms with E-state index in [0.717, 1.165) is 0 Å². The van der Waals surface area contributed by atoms with Crippen molar-refractivity contribution in [2.75, 3.05) is 7.11 Å². The van der Waals surface area contributed by atoms with Crippen LogP contribution in [0.15, 0.2) is 40.9 Å². The minimum atomic E-state index is -0.680. The van der Waals surface area contributed by atoms with Crippen LogP contribution in [-0.4, -0.2) is 12.2 Å². The van der Waals surface area contributed by atoms with E-state index < -0.39 is 6.10 Å². The van der Waals surface area contributed by atoms with Gasteiger partial charge in [-0.05, 0) is 31.2 Å². The molecule has 0 saturated carbocycles. The van der Waals surface area contributed by atoms with Crippen molar-refractivity contribution < 1.29 is 19.0 Å². The fourth-order valence-corrected chi connectivity index (χ4v) is 2.24. The number of methoxy groups -OCH3 is 1. The Morgan fingerprint density at radius 2 is 2.00 bits per heavy atom. The van der Waals surface area contributed by atoms with E-state index in [-0.39, 0.29) is 12.4 Å². The second-order valence-electron chi connectivity index (χ2n) is 4.60. The summed E-state index contributed by atoms with van der Waals surface area (Å²) in [5.41, 5.74) is 1.07. The summed E-state index contributed by atoms with van der Waals surface area (Å²) < 4.78 is 25.2. The smallest absolute Gasteiger partial charge is 0.130 e. The highest BCUT2D eigenvalue weighted by molar-refractivity contribution is 9.10. The largest absolute Gasteiger partial charge is 0.497 e. The summed E-state index contributed by atoms with van der Waals surface area (Å²) in [4.78, 5) is 0. The van der Waals surface area contributed by atoms with Gasteiger partial charge in [0.05, 0.1) is 13.2 Å². The van der Waals surface area contributed by atoms with Gasteiger partial charge in [0.2, 0.25) is 0 Å². The Labute approximate surface area is 131 Å². The van der Waals surface area contributed by atoms with Gasteiger partial charge in [0.1, 0.15) is 23.9 Å². The molecule has 0 aliphatic carbocycles. The van der Waals surface area contributed by atoms with Crippen molar-refractivity contribution >= 4 is 15.9 Å². The maximum Gasteiger partial charge on any atom is 0.130 e. The fraction of sp³-hybridized carbons (Fsp3) is 0.250. The first-order valence-electron chi connectivity index (χ1n) is 6.44. The van der Waals surface area contributed by atoms with Crippen LogP contribution in [0.2, 0.25) is 0 Å². The predicted octanol–water partition coefficient (Wildman–Crippen LogP) is 4.23. The van der Waals surface area contributed by atoms with Gasteiger partial charge in [-0.25, -0.2) is 4.39 Å². The lowest BCUT2D eigenvalue weighted by molar-refractivity contribution is 0.189. The Kier molecular flexibility index (Phi) is 5.20. The summed E-state index contributed by atoms with van der Waals surface area (Å²) in [5, 5.41) is 9.76. The zero-order valence-corrected chi connectivity index (χ0v) is 13.4. The van der Waals surface area contributed by atoms with Gasteiger partial charge in [-0.3, -0.25) is 0 Å². The van der Waals surface area contributed by atoms with Crippen LogP contribution >= 0.6 is 15.9 Å². The van der Waals surface area contributed by atoms with E-state index >= 15 is 0 Å². The lowest BCUT2D eigenvalue weighted by atomic mass is 10.1. The lowest BCUT2D eigenvalue weighted by Gasteiger charge is -2.15. The molecule has 3 nitrogen and oxygen atoms in total. The third-order valence-electron chi connectivity index (χ3n) is 3.07. The highest BCUT2D eigenvalue weighted by atomic mass is 79.9. The molecule has 0 aliphatic heterocycles. The van der Waals surface area contributed by atoms with Gasteiger partial charge in [-0.15, -0.1) is 0 Å². The Morgan fingerprint density at radius 1 is 1.24 bits per heavy atom. The van der Waals surface area contributed by atoms with Crippen LogP contribution < -0.4 is 9.47 Å². The molecule has 0 amide bonds. The van der Waals surface area contributed by atoms with Crippen LogP contribution in [0, 0.1) is 5.82 Å². The Morgan fingerprint density at radius 3 is 2.62 bits per heavy atom. The second kappa shape index (κ2) is 6.91. The molecule has 5 heteroatoms. The van der Waals surface area contributed by atoms with Crippen LogP contribution in [0.3, 0.4) is 0 Å². The molecule has 1 N–H and O–H groups in total. The molecule has 1 atom stereocenters. The van der Waals surface area contributed by atoms with Crippen molar-refractivity contribution in [3.8, 4) is 11.5 Å². The van der Waals surface area contributed by atoms with E-state index in [1.807, 2.05) is 0 Å². The number of ether oxygens (including phenoxy) is 2. The van der Waals surface area contributed by atoms with E-state index in [4.69, 9.17) is 9.47 Å². The van der Waals surface area contributed by atoms with Crippen LogP contribution in [0.25, 0.3) is 0 Å².